The van der Waals surface area contributed by atoms with E-state index in [4.69, 9.17) is 11.6 Å². The van der Waals surface area contributed by atoms with Crippen LogP contribution in [-0.2, 0) is 6.42 Å². The van der Waals surface area contributed by atoms with Crippen LogP contribution in [0, 0.1) is 5.82 Å². The molecule has 0 spiro atoms. The van der Waals surface area contributed by atoms with Crippen LogP contribution in [0.3, 0.4) is 0 Å². The zero-order valence-electron chi connectivity index (χ0n) is 11.9. The van der Waals surface area contributed by atoms with Crippen LogP contribution in [-0.4, -0.2) is 6.54 Å². The standard InChI is InChI=1S/C17H18BrClFN/c1-2-7-21-17(10-12-5-3-4-6-16(12)19)13-8-14(18)11-15(20)9-13/h3-6,8-9,11,17,21H,2,7,10H2,1H3. The summed E-state index contributed by atoms with van der Waals surface area (Å²) in [7, 11) is 0. The molecule has 21 heavy (non-hydrogen) atoms. The minimum absolute atomic E-state index is 0.0387. The normalized spacial score (nSPS) is 12.4. The van der Waals surface area contributed by atoms with Crippen molar-refractivity contribution in [2.75, 3.05) is 6.54 Å². The SMILES string of the molecule is CCCNC(Cc1ccccc1Cl)c1cc(F)cc(Br)c1. The molecule has 0 heterocycles. The molecule has 1 N–H and O–H groups in total. The van der Waals surface area contributed by atoms with Crippen molar-refractivity contribution in [1.82, 2.24) is 5.32 Å². The first-order valence-corrected chi connectivity index (χ1v) is 8.20. The molecule has 0 aliphatic heterocycles. The Balaban J connectivity index is 2.27. The maximum absolute atomic E-state index is 13.6. The van der Waals surface area contributed by atoms with Gasteiger partial charge in [0, 0.05) is 15.5 Å². The van der Waals surface area contributed by atoms with Gasteiger partial charge in [-0.3, -0.25) is 0 Å². The van der Waals surface area contributed by atoms with Crippen LogP contribution in [0.5, 0.6) is 0 Å². The third-order valence-corrected chi connectivity index (χ3v) is 4.14. The van der Waals surface area contributed by atoms with Gasteiger partial charge in [-0.15, -0.1) is 0 Å². The predicted octanol–water partition coefficient (Wildman–Crippen LogP) is 5.53. The molecule has 0 aliphatic rings. The van der Waals surface area contributed by atoms with Gasteiger partial charge in [0.1, 0.15) is 5.82 Å². The minimum Gasteiger partial charge on any atom is -0.310 e. The Kier molecular flexibility index (Phi) is 6.22. The molecule has 0 saturated heterocycles. The Morgan fingerprint density at radius 3 is 2.67 bits per heavy atom. The second-order valence-corrected chi connectivity index (χ2v) is 6.33. The van der Waals surface area contributed by atoms with Gasteiger partial charge < -0.3 is 5.32 Å². The van der Waals surface area contributed by atoms with Crippen LogP contribution in [0.4, 0.5) is 4.39 Å². The molecular weight excluding hydrogens is 353 g/mol. The molecule has 0 saturated carbocycles. The van der Waals surface area contributed by atoms with Crippen LogP contribution in [0.1, 0.15) is 30.5 Å². The van der Waals surface area contributed by atoms with E-state index >= 15 is 0 Å². The third-order valence-electron chi connectivity index (χ3n) is 3.31. The maximum Gasteiger partial charge on any atom is 0.124 e. The number of rotatable bonds is 6. The van der Waals surface area contributed by atoms with E-state index in [1.807, 2.05) is 30.3 Å². The molecule has 0 fully saturated rings. The Bertz CT molecular complexity index is 583. The highest BCUT2D eigenvalue weighted by atomic mass is 79.9. The molecule has 2 aromatic carbocycles. The molecule has 0 bridgehead atoms. The fourth-order valence-corrected chi connectivity index (χ4v) is 2.98. The molecule has 2 aromatic rings. The second kappa shape index (κ2) is 7.92. The number of hydrogen-bond acceptors (Lipinski definition) is 1. The van der Waals surface area contributed by atoms with Gasteiger partial charge in [0.25, 0.3) is 0 Å². The first kappa shape index (κ1) is 16.5. The molecule has 2 rings (SSSR count). The van der Waals surface area contributed by atoms with Crippen molar-refractivity contribution in [3.63, 3.8) is 0 Å². The molecule has 4 heteroatoms. The highest BCUT2D eigenvalue weighted by molar-refractivity contribution is 9.10. The van der Waals surface area contributed by atoms with Crippen LogP contribution in [0.15, 0.2) is 46.9 Å². The number of hydrogen-bond donors (Lipinski definition) is 1. The van der Waals surface area contributed by atoms with Crippen molar-refractivity contribution in [2.24, 2.45) is 0 Å². The molecule has 1 unspecified atom stereocenters. The Morgan fingerprint density at radius 2 is 2.00 bits per heavy atom. The molecule has 1 atom stereocenters. The summed E-state index contributed by atoms with van der Waals surface area (Å²) in [6, 6.07) is 12.8. The van der Waals surface area contributed by atoms with Gasteiger partial charge in [-0.1, -0.05) is 52.7 Å². The van der Waals surface area contributed by atoms with Gasteiger partial charge in [0.05, 0.1) is 0 Å². The van der Waals surface area contributed by atoms with Gasteiger partial charge in [0.2, 0.25) is 0 Å². The molecule has 0 radical (unpaired) electrons. The fourth-order valence-electron chi connectivity index (χ4n) is 2.29. The van der Waals surface area contributed by atoms with E-state index in [9.17, 15) is 4.39 Å². The van der Waals surface area contributed by atoms with E-state index in [0.717, 1.165) is 40.0 Å². The first-order valence-electron chi connectivity index (χ1n) is 7.03. The van der Waals surface area contributed by atoms with Gasteiger partial charge in [-0.2, -0.15) is 0 Å². The summed E-state index contributed by atoms with van der Waals surface area (Å²) in [6.07, 6.45) is 1.76. The van der Waals surface area contributed by atoms with E-state index < -0.39 is 0 Å². The number of halogens is 3. The van der Waals surface area contributed by atoms with E-state index in [1.165, 1.54) is 6.07 Å². The lowest BCUT2D eigenvalue weighted by molar-refractivity contribution is 0.524. The Labute approximate surface area is 138 Å². The van der Waals surface area contributed by atoms with Crippen molar-refractivity contribution in [1.29, 1.82) is 0 Å². The molecule has 0 aromatic heterocycles. The van der Waals surface area contributed by atoms with Crippen molar-refractivity contribution in [2.45, 2.75) is 25.8 Å². The lowest BCUT2D eigenvalue weighted by Gasteiger charge is -2.20. The van der Waals surface area contributed by atoms with Gasteiger partial charge in [0.15, 0.2) is 0 Å². The predicted molar refractivity (Wildman–Crippen MR) is 90.3 cm³/mol. The van der Waals surface area contributed by atoms with Gasteiger partial charge in [-0.05, 0) is 54.8 Å². The molecule has 0 amide bonds. The van der Waals surface area contributed by atoms with Crippen LogP contribution >= 0.6 is 27.5 Å². The van der Waals surface area contributed by atoms with Gasteiger partial charge >= 0.3 is 0 Å². The van der Waals surface area contributed by atoms with E-state index in [2.05, 4.69) is 28.2 Å². The largest absolute Gasteiger partial charge is 0.310 e. The first-order chi connectivity index (χ1) is 10.1. The van der Waals surface area contributed by atoms with Crippen molar-refractivity contribution < 1.29 is 4.39 Å². The minimum atomic E-state index is -0.234. The van der Waals surface area contributed by atoms with Crippen LogP contribution < -0.4 is 5.32 Å². The Hall–Kier alpha value is -0.900. The smallest absolute Gasteiger partial charge is 0.124 e. The zero-order valence-corrected chi connectivity index (χ0v) is 14.2. The summed E-state index contributed by atoms with van der Waals surface area (Å²) in [5.41, 5.74) is 1.99. The summed E-state index contributed by atoms with van der Waals surface area (Å²) in [4.78, 5) is 0. The van der Waals surface area contributed by atoms with Gasteiger partial charge in [-0.25, -0.2) is 4.39 Å². The maximum atomic E-state index is 13.6. The second-order valence-electron chi connectivity index (χ2n) is 5.01. The molecule has 0 aliphatic carbocycles. The Morgan fingerprint density at radius 1 is 1.24 bits per heavy atom. The average Bonchev–Trinajstić information content (AvgIpc) is 2.44. The van der Waals surface area contributed by atoms with Crippen molar-refractivity contribution in [3.8, 4) is 0 Å². The summed E-state index contributed by atoms with van der Waals surface area (Å²) in [5, 5.41) is 4.22. The third kappa shape index (κ3) is 4.80. The van der Waals surface area contributed by atoms with E-state index in [0.29, 0.717) is 0 Å². The topological polar surface area (TPSA) is 12.0 Å². The molecular formula is C17H18BrClFN. The van der Waals surface area contributed by atoms with Crippen LogP contribution in [0.25, 0.3) is 0 Å². The number of benzene rings is 2. The van der Waals surface area contributed by atoms with Crippen LogP contribution in [0.2, 0.25) is 5.02 Å². The average molecular weight is 371 g/mol. The summed E-state index contributed by atoms with van der Waals surface area (Å²) in [5.74, 6) is -0.234. The quantitative estimate of drug-likeness (QED) is 0.705. The zero-order chi connectivity index (χ0) is 15.2. The number of nitrogens with one attached hydrogen (secondary N) is 1. The molecule has 1 nitrogen and oxygen atoms in total. The van der Waals surface area contributed by atoms with Crippen molar-refractivity contribution in [3.05, 3.63) is 68.9 Å². The lowest BCUT2D eigenvalue weighted by atomic mass is 9.98. The van der Waals surface area contributed by atoms with E-state index in [1.54, 1.807) is 6.07 Å². The van der Waals surface area contributed by atoms with E-state index in [-0.39, 0.29) is 11.9 Å². The van der Waals surface area contributed by atoms with Crippen molar-refractivity contribution >= 4 is 27.5 Å². The molecule has 112 valence electrons. The monoisotopic (exact) mass is 369 g/mol. The highest BCUT2D eigenvalue weighted by Gasteiger charge is 2.14. The highest BCUT2D eigenvalue weighted by Crippen LogP contribution is 2.26. The lowest BCUT2D eigenvalue weighted by Crippen LogP contribution is -2.24. The fraction of sp³-hybridized carbons (Fsp3) is 0.294. The summed E-state index contributed by atoms with van der Waals surface area (Å²) >= 11 is 9.60. The summed E-state index contributed by atoms with van der Waals surface area (Å²) in [6.45, 7) is 2.99. The summed E-state index contributed by atoms with van der Waals surface area (Å²) < 4.78 is 14.4.